The smallest absolute Gasteiger partial charge is 0.272 e. The molecule has 0 aliphatic rings. The number of nitrogens with one attached hydrogen (secondary N) is 1. The van der Waals surface area contributed by atoms with Gasteiger partial charge in [0.1, 0.15) is 0 Å². The summed E-state index contributed by atoms with van der Waals surface area (Å²) in [5, 5.41) is 0.556. The molecule has 1 heterocycles. The molecule has 4 heteroatoms. The molecule has 0 radical (unpaired) electrons. The summed E-state index contributed by atoms with van der Waals surface area (Å²) in [5.74, 6) is -2.82. The van der Waals surface area contributed by atoms with Gasteiger partial charge in [0.15, 0.2) is 0 Å². The zero-order valence-electron chi connectivity index (χ0n) is 7.44. The molecule has 1 nitrogen and oxygen atoms in total. The Labute approximate surface area is 88.3 Å². The Balaban J connectivity index is 2.80. The first-order valence-corrected chi connectivity index (χ1v) is 4.93. The number of halogens is 3. The van der Waals surface area contributed by atoms with Crippen LogP contribution in [0.1, 0.15) is 12.5 Å². The number of fused-ring (bicyclic) bond motifs is 1. The number of aromatic amines is 1. The molecule has 0 saturated carbocycles. The van der Waals surface area contributed by atoms with Gasteiger partial charge >= 0.3 is 0 Å². The zero-order chi connectivity index (χ0) is 10.3. The quantitative estimate of drug-likeness (QED) is 0.796. The van der Waals surface area contributed by atoms with Crippen LogP contribution in [0.25, 0.3) is 10.9 Å². The van der Waals surface area contributed by atoms with E-state index in [1.54, 1.807) is 18.2 Å². The minimum atomic E-state index is -2.82. The van der Waals surface area contributed by atoms with E-state index >= 15 is 0 Å². The lowest BCUT2D eigenvalue weighted by Gasteiger charge is -2.08. The second kappa shape index (κ2) is 3.05. The Bertz CT molecular complexity index is 470. The highest BCUT2D eigenvalue weighted by molar-refractivity contribution is 9.10. The summed E-state index contributed by atoms with van der Waals surface area (Å²) in [4.78, 5) is 2.83. The molecule has 0 aliphatic heterocycles. The van der Waals surface area contributed by atoms with Gasteiger partial charge in [-0.15, -0.1) is 0 Å². The van der Waals surface area contributed by atoms with Crippen molar-refractivity contribution in [1.29, 1.82) is 0 Å². The SMILES string of the molecule is CC(F)(F)c1c[nH]c2cccc(Br)c12. The summed E-state index contributed by atoms with van der Waals surface area (Å²) < 4.78 is 27.0. The third kappa shape index (κ3) is 1.43. The summed E-state index contributed by atoms with van der Waals surface area (Å²) in [5.41, 5.74) is 0.746. The highest BCUT2D eigenvalue weighted by Gasteiger charge is 2.28. The van der Waals surface area contributed by atoms with Gasteiger partial charge in [-0.3, -0.25) is 0 Å². The lowest BCUT2D eigenvalue weighted by molar-refractivity contribution is 0.0191. The predicted octanol–water partition coefficient (Wildman–Crippen LogP) is 4.04. The molecule has 0 amide bonds. The van der Waals surface area contributed by atoms with Crippen LogP contribution in [0.4, 0.5) is 8.78 Å². The Kier molecular flexibility index (Phi) is 2.10. The van der Waals surface area contributed by atoms with Crippen molar-refractivity contribution in [2.75, 3.05) is 0 Å². The first-order chi connectivity index (χ1) is 6.50. The fourth-order valence-electron chi connectivity index (χ4n) is 1.49. The van der Waals surface area contributed by atoms with E-state index in [4.69, 9.17) is 0 Å². The lowest BCUT2D eigenvalue weighted by atomic mass is 10.1. The van der Waals surface area contributed by atoms with Crippen molar-refractivity contribution < 1.29 is 8.78 Å². The van der Waals surface area contributed by atoms with Crippen LogP contribution in [-0.4, -0.2) is 4.98 Å². The van der Waals surface area contributed by atoms with E-state index in [1.165, 1.54) is 6.20 Å². The van der Waals surface area contributed by atoms with Gasteiger partial charge in [-0.05, 0) is 12.1 Å². The average molecular weight is 260 g/mol. The van der Waals surface area contributed by atoms with E-state index in [9.17, 15) is 8.78 Å². The van der Waals surface area contributed by atoms with Crippen LogP contribution < -0.4 is 0 Å². The monoisotopic (exact) mass is 259 g/mol. The molecule has 1 N–H and O–H groups in total. The van der Waals surface area contributed by atoms with Crippen molar-refractivity contribution in [3.8, 4) is 0 Å². The van der Waals surface area contributed by atoms with E-state index in [2.05, 4.69) is 20.9 Å². The third-order valence-electron chi connectivity index (χ3n) is 2.13. The van der Waals surface area contributed by atoms with Crippen molar-refractivity contribution in [3.63, 3.8) is 0 Å². The molecule has 74 valence electrons. The van der Waals surface area contributed by atoms with Gasteiger partial charge in [0, 0.05) is 34.1 Å². The average Bonchev–Trinajstić information content (AvgIpc) is 2.47. The summed E-state index contributed by atoms with van der Waals surface area (Å²) in [7, 11) is 0. The molecule has 0 atom stereocenters. The van der Waals surface area contributed by atoms with Gasteiger partial charge in [-0.25, -0.2) is 8.78 Å². The molecule has 0 unspecified atom stereocenters. The van der Waals surface area contributed by atoms with E-state index in [0.29, 0.717) is 9.86 Å². The molecule has 0 aliphatic carbocycles. The molecular weight excluding hydrogens is 252 g/mol. The largest absolute Gasteiger partial charge is 0.361 e. The molecule has 0 spiro atoms. The summed E-state index contributed by atoms with van der Waals surface area (Å²) in [6.07, 6.45) is 1.36. The molecular formula is C10H8BrF2N. The van der Waals surface area contributed by atoms with Crippen LogP contribution in [0.5, 0.6) is 0 Å². The second-order valence-corrected chi connectivity index (χ2v) is 4.11. The molecule has 1 aromatic heterocycles. The normalized spacial score (nSPS) is 12.3. The highest BCUT2D eigenvalue weighted by Crippen LogP contribution is 2.36. The van der Waals surface area contributed by atoms with Crippen molar-refractivity contribution in [1.82, 2.24) is 4.98 Å². The molecule has 2 aromatic rings. The Morgan fingerprint density at radius 3 is 2.71 bits per heavy atom. The predicted molar refractivity (Wildman–Crippen MR) is 55.6 cm³/mol. The van der Waals surface area contributed by atoms with Crippen LogP contribution in [-0.2, 0) is 5.92 Å². The van der Waals surface area contributed by atoms with Crippen LogP contribution in [0, 0.1) is 0 Å². The van der Waals surface area contributed by atoms with Gasteiger partial charge in [0.05, 0.1) is 0 Å². The fraction of sp³-hybridized carbons (Fsp3) is 0.200. The Morgan fingerprint density at radius 2 is 2.07 bits per heavy atom. The van der Waals surface area contributed by atoms with Gasteiger partial charge in [-0.1, -0.05) is 22.0 Å². The minimum Gasteiger partial charge on any atom is -0.361 e. The maximum atomic E-state index is 13.2. The summed E-state index contributed by atoms with van der Waals surface area (Å²) in [6, 6.07) is 5.33. The fourth-order valence-corrected chi connectivity index (χ4v) is 2.07. The number of hydrogen-bond acceptors (Lipinski definition) is 0. The zero-order valence-corrected chi connectivity index (χ0v) is 9.03. The van der Waals surface area contributed by atoms with E-state index in [0.717, 1.165) is 12.4 Å². The molecule has 14 heavy (non-hydrogen) atoms. The van der Waals surface area contributed by atoms with Crippen molar-refractivity contribution >= 4 is 26.8 Å². The Hall–Kier alpha value is -0.900. The first kappa shape index (κ1) is 9.65. The van der Waals surface area contributed by atoms with Gasteiger partial charge in [-0.2, -0.15) is 0 Å². The van der Waals surface area contributed by atoms with Crippen LogP contribution >= 0.6 is 15.9 Å². The number of rotatable bonds is 1. The molecule has 0 fully saturated rings. The maximum Gasteiger partial charge on any atom is 0.272 e. The number of hydrogen-bond donors (Lipinski definition) is 1. The van der Waals surface area contributed by atoms with Crippen molar-refractivity contribution in [3.05, 3.63) is 34.4 Å². The van der Waals surface area contributed by atoms with Gasteiger partial charge in [0.2, 0.25) is 0 Å². The molecule has 0 bridgehead atoms. The van der Waals surface area contributed by atoms with Crippen LogP contribution in [0.15, 0.2) is 28.9 Å². The van der Waals surface area contributed by atoms with Crippen molar-refractivity contribution in [2.24, 2.45) is 0 Å². The second-order valence-electron chi connectivity index (χ2n) is 3.25. The first-order valence-electron chi connectivity index (χ1n) is 4.14. The van der Waals surface area contributed by atoms with E-state index in [-0.39, 0.29) is 5.56 Å². The third-order valence-corrected chi connectivity index (χ3v) is 2.79. The van der Waals surface area contributed by atoms with Gasteiger partial charge in [0.25, 0.3) is 5.92 Å². The van der Waals surface area contributed by atoms with Crippen LogP contribution in [0.3, 0.4) is 0 Å². The van der Waals surface area contributed by atoms with Crippen LogP contribution in [0.2, 0.25) is 0 Å². The number of aromatic nitrogens is 1. The molecule has 1 aromatic carbocycles. The topological polar surface area (TPSA) is 15.8 Å². The molecule has 0 saturated heterocycles. The standard InChI is InChI=1S/C10H8BrF2N/c1-10(12,13)6-5-14-8-4-2-3-7(11)9(6)8/h2-5,14H,1H3. The van der Waals surface area contributed by atoms with Gasteiger partial charge < -0.3 is 4.98 Å². The maximum absolute atomic E-state index is 13.2. The van der Waals surface area contributed by atoms with Crippen molar-refractivity contribution in [2.45, 2.75) is 12.8 Å². The highest BCUT2D eigenvalue weighted by atomic mass is 79.9. The van der Waals surface area contributed by atoms with E-state index < -0.39 is 5.92 Å². The lowest BCUT2D eigenvalue weighted by Crippen LogP contribution is -2.05. The minimum absolute atomic E-state index is 0.0278. The molecule has 2 rings (SSSR count). The number of H-pyrrole nitrogens is 1. The van der Waals surface area contributed by atoms with E-state index in [1.807, 2.05) is 0 Å². The summed E-state index contributed by atoms with van der Waals surface area (Å²) >= 11 is 3.27. The summed E-state index contributed by atoms with van der Waals surface area (Å²) in [6.45, 7) is 0.898. The number of benzene rings is 1. The Morgan fingerprint density at radius 1 is 1.36 bits per heavy atom. The number of alkyl halides is 2.